The number of ether oxygens (including phenoxy) is 3. The SMILES string of the molecule is CCOC(=O)OC1=C(c2c(C)cc(C)cc2C2CC2)C(=O)OC12CCN(OC)CC2. The Bertz CT molecular complexity index is 893. The zero-order valence-corrected chi connectivity index (χ0v) is 18.1. The predicted octanol–water partition coefficient (Wildman–Crippen LogP) is 4.02. The van der Waals surface area contributed by atoms with Gasteiger partial charge in [-0.1, -0.05) is 17.7 Å². The molecule has 1 aliphatic carbocycles. The number of carbonyl (C=O) groups is 2. The highest BCUT2D eigenvalue weighted by molar-refractivity contribution is 6.21. The van der Waals surface area contributed by atoms with Gasteiger partial charge in [-0.05, 0) is 56.2 Å². The van der Waals surface area contributed by atoms with E-state index in [4.69, 9.17) is 19.0 Å². The van der Waals surface area contributed by atoms with E-state index in [1.165, 1.54) is 0 Å². The van der Waals surface area contributed by atoms with Gasteiger partial charge in [-0.15, -0.1) is 0 Å². The monoisotopic (exact) mass is 415 g/mol. The molecule has 1 saturated carbocycles. The van der Waals surface area contributed by atoms with E-state index in [0.717, 1.165) is 35.1 Å². The van der Waals surface area contributed by atoms with Crippen LogP contribution in [0.15, 0.2) is 17.9 Å². The van der Waals surface area contributed by atoms with Crippen LogP contribution < -0.4 is 0 Å². The van der Waals surface area contributed by atoms with Gasteiger partial charge in [0, 0.05) is 25.9 Å². The molecular weight excluding hydrogens is 386 g/mol. The molecule has 1 spiro atoms. The summed E-state index contributed by atoms with van der Waals surface area (Å²) in [6.45, 7) is 7.09. The molecule has 162 valence electrons. The maximum atomic E-state index is 13.2. The van der Waals surface area contributed by atoms with Crippen molar-refractivity contribution in [3.8, 4) is 0 Å². The first-order valence-corrected chi connectivity index (χ1v) is 10.6. The lowest BCUT2D eigenvalue weighted by molar-refractivity contribution is -0.183. The number of aryl methyl sites for hydroxylation is 2. The summed E-state index contributed by atoms with van der Waals surface area (Å²) in [7, 11) is 1.62. The van der Waals surface area contributed by atoms with E-state index < -0.39 is 17.7 Å². The summed E-state index contributed by atoms with van der Waals surface area (Å²) in [5.74, 6) is 0.277. The summed E-state index contributed by atoms with van der Waals surface area (Å²) < 4.78 is 16.7. The Labute approximate surface area is 176 Å². The molecular formula is C23H29NO6. The van der Waals surface area contributed by atoms with Gasteiger partial charge in [-0.3, -0.25) is 0 Å². The van der Waals surface area contributed by atoms with E-state index in [1.807, 2.05) is 12.0 Å². The molecule has 2 fully saturated rings. The number of nitrogens with zero attached hydrogens (tertiary/aromatic N) is 1. The molecule has 7 heteroatoms. The van der Waals surface area contributed by atoms with Gasteiger partial charge in [0.1, 0.15) is 5.57 Å². The fourth-order valence-electron chi connectivity index (χ4n) is 4.60. The molecule has 2 heterocycles. The van der Waals surface area contributed by atoms with Crippen LogP contribution in [0.1, 0.15) is 60.8 Å². The van der Waals surface area contributed by atoms with Crippen LogP contribution in [-0.2, 0) is 23.8 Å². The Hall–Kier alpha value is -2.38. The maximum absolute atomic E-state index is 13.2. The highest BCUT2D eigenvalue weighted by atomic mass is 16.7. The molecule has 0 N–H and O–H groups in total. The van der Waals surface area contributed by atoms with Crippen LogP contribution >= 0.6 is 0 Å². The van der Waals surface area contributed by atoms with Crippen LogP contribution in [0.25, 0.3) is 5.57 Å². The molecule has 2 aliphatic heterocycles. The second-order valence-electron chi connectivity index (χ2n) is 8.30. The van der Waals surface area contributed by atoms with Crippen LogP contribution in [0, 0.1) is 13.8 Å². The van der Waals surface area contributed by atoms with Gasteiger partial charge in [0.05, 0.1) is 13.7 Å². The predicted molar refractivity (Wildman–Crippen MR) is 110 cm³/mol. The minimum Gasteiger partial charge on any atom is -0.447 e. The Morgan fingerprint density at radius 2 is 1.93 bits per heavy atom. The maximum Gasteiger partial charge on any atom is 0.513 e. The van der Waals surface area contributed by atoms with E-state index in [2.05, 4.69) is 19.1 Å². The number of benzene rings is 1. The Morgan fingerprint density at radius 1 is 1.23 bits per heavy atom. The van der Waals surface area contributed by atoms with Crippen molar-refractivity contribution < 1.29 is 28.6 Å². The van der Waals surface area contributed by atoms with Crippen molar-refractivity contribution >= 4 is 17.7 Å². The molecule has 1 aromatic rings. The summed E-state index contributed by atoms with van der Waals surface area (Å²) in [6.07, 6.45) is 2.35. The number of rotatable bonds is 5. The molecule has 1 aromatic carbocycles. The van der Waals surface area contributed by atoms with Crippen LogP contribution in [0.2, 0.25) is 0 Å². The van der Waals surface area contributed by atoms with Gasteiger partial charge < -0.3 is 19.0 Å². The highest BCUT2D eigenvalue weighted by Gasteiger charge is 2.53. The largest absolute Gasteiger partial charge is 0.513 e. The first-order valence-electron chi connectivity index (χ1n) is 10.6. The zero-order valence-electron chi connectivity index (χ0n) is 18.1. The lowest BCUT2D eigenvalue weighted by Crippen LogP contribution is -2.46. The average molecular weight is 415 g/mol. The number of hydrogen-bond donors (Lipinski definition) is 0. The van der Waals surface area contributed by atoms with Crippen molar-refractivity contribution in [2.75, 3.05) is 26.8 Å². The van der Waals surface area contributed by atoms with E-state index in [0.29, 0.717) is 37.4 Å². The lowest BCUT2D eigenvalue weighted by Gasteiger charge is -2.37. The Morgan fingerprint density at radius 3 is 2.53 bits per heavy atom. The second-order valence-corrected chi connectivity index (χ2v) is 8.30. The number of esters is 1. The van der Waals surface area contributed by atoms with Gasteiger partial charge in [0.25, 0.3) is 0 Å². The molecule has 0 aromatic heterocycles. The summed E-state index contributed by atoms with van der Waals surface area (Å²) in [6, 6.07) is 4.20. The van der Waals surface area contributed by atoms with Crippen molar-refractivity contribution in [1.29, 1.82) is 0 Å². The van der Waals surface area contributed by atoms with E-state index >= 15 is 0 Å². The molecule has 0 bridgehead atoms. The standard InChI is InChI=1S/C23H29NO6/c1-5-28-22(26)29-20-19(18-15(3)12-14(2)13-17(18)16-6-7-16)21(25)30-23(20)8-10-24(27-4)11-9-23/h12-13,16H,5-11H2,1-4H3. The lowest BCUT2D eigenvalue weighted by atomic mass is 9.85. The van der Waals surface area contributed by atoms with Crippen molar-refractivity contribution in [3.63, 3.8) is 0 Å². The average Bonchev–Trinajstić information content (AvgIpc) is 3.51. The highest BCUT2D eigenvalue weighted by Crippen LogP contribution is 2.50. The molecule has 0 unspecified atom stereocenters. The molecule has 7 nitrogen and oxygen atoms in total. The zero-order chi connectivity index (χ0) is 21.5. The summed E-state index contributed by atoms with van der Waals surface area (Å²) in [4.78, 5) is 30.9. The first kappa shape index (κ1) is 20.9. The van der Waals surface area contributed by atoms with Gasteiger partial charge in [0.15, 0.2) is 11.4 Å². The second kappa shape index (κ2) is 8.04. The van der Waals surface area contributed by atoms with Gasteiger partial charge in [-0.2, -0.15) is 5.06 Å². The molecule has 0 radical (unpaired) electrons. The van der Waals surface area contributed by atoms with Crippen molar-refractivity contribution in [3.05, 3.63) is 40.1 Å². The molecule has 30 heavy (non-hydrogen) atoms. The Balaban J connectivity index is 1.85. The molecule has 3 aliphatic rings. The van der Waals surface area contributed by atoms with Crippen molar-refractivity contribution in [2.24, 2.45) is 0 Å². The topological polar surface area (TPSA) is 74.3 Å². The quantitative estimate of drug-likeness (QED) is 0.673. The van der Waals surface area contributed by atoms with Crippen LogP contribution in [-0.4, -0.2) is 49.6 Å². The molecule has 4 rings (SSSR count). The van der Waals surface area contributed by atoms with Gasteiger partial charge >= 0.3 is 12.1 Å². The van der Waals surface area contributed by atoms with Gasteiger partial charge in [-0.25, -0.2) is 9.59 Å². The van der Waals surface area contributed by atoms with E-state index in [1.54, 1.807) is 14.0 Å². The Kier molecular flexibility index (Phi) is 5.59. The first-order chi connectivity index (χ1) is 14.4. The number of hydrogen-bond acceptors (Lipinski definition) is 7. The molecule has 0 atom stereocenters. The summed E-state index contributed by atoms with van der Waals surface area (Å²) in [5, 5.41) is 1.81. The van der Waals surface area contributed by atoms with E-state index in [9.17, 15) is 9.59 Å². The van der Waals surface area contributed by atoms with Crippen molar-refractivity contribution in [2.45, 2.75) is 58.0 Å². The fraction of sp³-hybridized carbons (Fsp3) is 0.565. The van der Waals surface area contributed by atoms with E-state index in [-0.39, 0.29) is 12.4 Å². The normalized spacial score (nSPS) is 21.1. The third-order valence-electron chi connectivity index (χ3n) is 6.15. The van der Waals surface area contributed by atoms with Crippen LogP contribution in [0.5, 0.6) is 0 Å². The number of hydroxylamine groups is 2. The third-order valence-corrected chi connectivity index (χ3v) is 6.15. The number of carbonyl (C=O) groups excluding carboxylic acids is 2. The van der Waals surface area contributed by atoms with Gasteiger partial charge in [0.2, 0.25) is 0 Å². The smallest absolute Gasteiger partial charge is 0.447 e. The molecule has 0 amide bonds. The van der Waals surface area contributed by atoms with Crippen LogP contribution in [0.3, 0.4) is 0 Å². The number of piperidine rings is 1. The third kappa shape index (κ3) is 3.72. The minimum atomic E-state index is -0.980. The summed E-state index contributed by atoms with van der Waals surface area (Å²) >= 11 is 0. The van der Waals surface area contributed by atoms with Crippen LogP contribution in [0.4, 0.5) is 4.79 Å². The van der Waals surface area contributed by atoms with Crippen molar-refractivity contribution in [1.82, 2.24) is 5.06 Å². The fourth-order valence-corrected chi connectivity index (χ4v) is 4.60. The summed E-state index contributed by atoms with van der Waals surface area (Å²) in [5.41, 5.74) is 3.51. The minimum absolute atomic E-state index is 0.192. The molecule has 1 saturated heterocycles.